The number of hydrogen-bond acceptors (Lipinski definition) is 4. The van der Waals surface area contributed by atoms with Crippen molar-refractivity contribution < 1.29 is 19.1 Å². The first-order valence-corrected chi connectivity index (χ1v) is 11.6. The molecule has 0 N–H and O–H groups in total. The van der Waals surface area contributed by atoms with Crippen molar-refractivity contribution in [1.82, 2.24) is 4.90 Å². The Morgan fingerprint density at radius 1 is 0.971 bits per heavy atom. The first kappa shape index (κ1) is 22.0. The standard InChI is InChI=1S/C29H27NO4/c1-33-23-12-13-24-26(31)20-29(34-27(24)19-23)14-16-30(17-15-29)28(32)25(22-10-6-3-7-11-22)18-21-8-4-2-5-9-21/h2-13,18-19H,14-17,20H2,1H3/b25-18-. The van der Waals surface area contributed by atoms with Crippen molar-refractivity contribution in [1.29, 1.82) is 0 Å². The zero-order valence-electron chi connectivity index (χ0n) is 19.2. The third-order valence-corrected chi connectivity index (χ3v) is 6.69. The van der Waals surface area contributed by atoms with Gasteiger partial charge in [0.25, 0.3) is 5.91 Å². The van der Waals surface area contributed by atoms with E-state index >= 15 is 0 Å². The summed E-state index contributed by atoms with van der Waals surface area (Å²) in [6.45, 7) is 1.06. The van der Waals surface area contributed by atoms with Gasteiger partial charge in [-0.3, -0.25) is 9.59 Å². The zero-order chi connectivity index (χ0) is 23.5. The van der Waals surface area contributed by atoms with Crippen molar-refractivity contribution in [3.63, 3.8) is 0 Å². The van der Waals surface area contributed by atoms with Gasteiger partial charge in [-0.15, -0.1) is 0 Å². The summed E-state index contributed by atoms with van der Waals surface area (Å²) in [6.07, 6.45) is 3.49. The Morgan fingerprint density at radius 3 is 2.32 bits per heavy atom. The molecule has 172 valence electrons. The second kappa shape index (κ2) is 9.18. The fourth-order valence-electron chi connectivity index (χ4n) is 4.77. The summed E-state index contributed by atoms with van der Waals surface area (Å²) in [4.78, 5) is 28.4. The predicted octanol–water partition coefficient (Wildman–Crippen LogP) is 5.26. The van der Waals surface area contributed by atoms with Crippen LogP contribution in [0.25, 0.3) is 11.6 Å². The molecule has 5 nitrogen and oxygen atoms in total. The minimum absolute atomic E-state index is 0.00546. The van der Waals surface area contributed by atoms with E-state index in [2.05, 4.69) is 0 Å². The molecule has 0 radical (unpaired) electrons. The van der Waals surface area contributed by atoms with Crippen molar-refractivity contribution in [3.8, 4) is 11.5 Å². The van der Waals surface area contributed by atoms with Crippen LogP contribution in [0, 0.1) is 0 Å². The topological polar surface area (TPSA) is 55.8 Å². The maximum Gasteiger partial charge on any atom is 0.254 e. The summed E-state index contributed by atoms with van der Waals surface area (Å²) in [5.74, 6) is 1.31. The van der Waals surface area contributed by atoms with Crippen LogP contribution in [0.2, 0.25) is 0 Å². The van der Waals surface area contributed by atoms with E-state index in [0.717, 1.165) is 11.1 Å². The van der Waals surface area contributed by atoms with Crippen molar-refractivity contribution in [2.45, 2.75) is 24.9 Å². The summed E-state index contributed by atoms with van der Waals surface area (Å²) in [5.41, 5.74) is 2.56. The fourth-order valence-corrected chi connectivity index (χ4v) is 4.77. The molecule has 1 spiro atoms. The second-order valence-electron chi connectivity index (χ2n) is 8.87. The maximum atomic E-state index is 13.7. The van der Waals surface area contributed by atoms with Gasteiger partial charge in [-0.05, 0) is 29.3 Å². The van der Waals surface area contributed by atoms with Crippen LogP contribution in [-0.4, -0.2) is 42.4 Å². The number of carbonyl (C=O) groups is 2. The first-order valence-electron chi connectivity index (χ1n) is 11.6. The highest BCUT2D eigenvalue weighted by Crippen LogP contribution is 2.41. The van der Waals surface area contributed by atoms with Crippen molar-refractivity contribution >= 4 is 23.3 Å². The van der Waals surface area contributed by atoms with Gasteiger partial charge in [0.2, 0.25) is 0 Å². The third-order valence-electron chi connectivity index (χ3n) is 6.69. The maximum absolute atomic E-state index is 13.7. The molecule has 0 saturated carbocycles. The molecule has 2 heterocycles. The number of piperidine rings is 1. The van der Waals surface area contributed by atoms with Crippen LogP contribution in [0.1, 0.15) is 40.7 Å². The zero-order valence-corrected chi connectivity index (χ0v) is 19.2. The highest BCUT2D eigenvalue weighted by atomic mass is 16.5. The Hall–Kier alpha value is -3.86. The minimum atomic E-state index is -0.580. The highest BCUT2D eigenvalue weighted by Gasteiger charge is 2.44. The van der Waals surface area contributed by atoms with Crippen LogP contribution in [0.5, 0.6) is 11.5 Å². The van der Waals surface area contributed by atoms with Crippen LogP contribution in [0.4, 0.5) is 0 Å². The number of nitrogens with zero attached hydrogens (tertiary/aromatic N) is 1. The molecule has 5 rings (SSSR count). The molecule has 0 aliphatic carbocycles. The average molecular weight is 454 g/mol. The second-order valence-corrected chi connectivity index (χ2v) is 8.87. The Balaban J connectivity index is 1.36. The highest BCUT2D eigenvalue weighted by molar-refractivity contribution is 6.24. The van der Waals surface area contributed by atoms with Gasteiger partial charge >= 0.3 is 0 Å². The molecule has 0 aromatic heterocycles. The number of Topliss-reactive ketones (excluding diaryl/α,β-unsaturated/α-hetero) is 1. The van der Waals surface area contributed by atoms with Crippen molar-refractivity contribution in [3.05, 3.63) is 95.6 Å². The number of benzene rings is 3. The summed E-state index contributed by atoms with van der Waals surface area (Å²) >= 11 is 0. The summed E-state index contributed by atoms with van der Waals surface area (Å²) < 4.78 is 11.7. The predicted molar refractivity (Wildman–Crippen MR) is 132 cm³/mol. The Kier molecular flexibility index (Phi) is 5.93. The lowest BCUT2D eigenvalue weighted by atomic mass is 9.82. The number of rotatable bonds is 4. The van der Waals surface area contributed by atoms with Gasteiger partial charge in [-0.2, -0.15) is 0 Å². The number of ether oxygens (including phenoxy) is 2. The lowest BCUT2D eigenvalue weighted by Gasteiger charge is -2.44. The lowest BCUT2D eigenvalue weighted by Crippen LogP contribution is -2.52. The Bertz CT molecular complexity index is 1230. The number of carbonyl (C=O) groups excluding carboxylic acids is 2. The van der Waals surface area contributed by atoms with Crippen LogP contribution in [0.15, 0.2) is 78.9 Å². The third kappa shape index (κ3) is 4.34. The van der Waals surface area contributed by atoms with E-state index in [1.165, 1.54) is 0 Å². The van der Waals surface area contributed by atoms with E-state index in [1.54, 1.807) is 25.3 Å². The molecular weight excluding hydrogens is 426 g/mol. The van der Waals surface area contributed by atoms with Crippen LogP contribution in [-0.2, 0) is 4.79 Å². The molecule has 1 fully saturated rings. The number of methoxy groups -OCH3 is 1. The molecular formula is C29H27NO4. The number of hydrogen-bond donors (Lipinski definition) is 0. The summed E-state index contributed by atoms with van der Waals surface area (Å²) in [6, 6.07) is 25.0. The summed E-state index contributed by atoms with van der Waals surface area (Å²) in [7, 11) is 1.60. The molecule has 2 aliphatic rings. The van der Waals surface area contributed by atoms with E-state index in [9.17, 15) is 9.59 Å². The molecule has 0 atom stereocenters. The van der Waals surface area contributed by atoms with Gasteiger partial charge in [0.1, 0.15) is 17.1 Å². The molecule has 5 heteroatoms. The molecule has 1 amide bonds. The van der Waals surface area contributed by atoms with E-state index in [1.807, 2.05) is 71.6 Å². The molecule has 1 saturated heterocycles. The fraction of sp³-hybridized carbons (Fsp3) is 0.241. The molecule has 3 aromatic carbocycles. The van der Waals surface area contributed by atoms with E-state index in [0.29, 0.717) is 55.0 Å². The SMILES string of the molecule is COc1ccc2c(c1)OC1(CCN(C(=O)/C(=C\c3ccccc3)c3ccccc3)CC1)CC2=O. The number of fused-ring (bicyclic) bond motifs is 1. The normalized spacial score (nSPS) is 17.1. The van der Waals surface area contributed by atoms with Gasteiger partial charge in [0.15, 0.2) is 5.78 Å². The van der Waals surface area contributed by atoms with E-state index in [4.69, 9.17) is 9.47 Å². The van der Waals surface area contributed by atoms with Crippen LogP contribution >= 0.6 is 0 Å². The quantitative estimate of drug-likeness (QED) is 0.399. The van der Waals surface area contributed by atoms with Gasteiger partial charge in [-0.25, -0.2) is 0 Å². The van der Waals surface area contributed by atoms with Gasteiger partial charge in [0.05, 0.1) is 19.1 Å². The van der Waals surface area contributed by atoms with Crippen LogP contribution < -0.4 is 9.47 Å². The Labute approximate surface area is 199 Å². The monoisotopic (exact) mass is 453 g/mol. The lowest BCUT2D eigenvalue weighted by molar-refractivity contribution is -0.128. The van der Waals surface area contributed by atoms with Gasteiger partial charge in [-0.1, -0.05) is 60.7 Å². The Morgan fingerprint density at radius 2 is 1.65 bits per heavy atom. The average Bonchev–Trinajstić information content (AvgIpc) is 2.88. The number of ketones is 1. The molecule has 2 aliphatic heterocycles. The molecule has 0 unspecified atom stereocenters. The molecule has 3 aromatic rings. The van der Waals surface area contributed by atoms with Gasteiger partial charge < -0.3 is 14.4 Å². The smallest absolute Gasteiger partial charge is 0.254 e. The van der Waals surface area contributed by atoms with E-state index in [-0.39, 0.29) is 11.7 Å². The van der Waals surface area contributed by atoms with Gasteiger partial charge in [0, 0.05) is 37.6 Å². The largest absolute Gasteiger partial charge is 0.497 e. The molecule has 0 bridgehead atoms. The number of amides is 1. The molecule has 34 heavy (non-hydrogen) atoms. The van der Waals surface area contributed by atoms with E-state index < -0.39 is 5.60 Å². The van der Waals surface area contributed by atoms with Crippen molar-refractivity contribution in [2.24, 2.45) is 0 Å². The number of likely N-dealkylation sites (tertiary alicyclic amines) is 1. The first-order chi connectivity index (χ1) is 16.6. The van der Waals surface area contributed by atoms with Crippen molar-refractivity contribution in [2.75, 3.05) is 20.2 Å². The van der Waals surface area contributed by atoms with Crippen LogP contribution in [0.3, 0.4) is 0 Å². The minimum Gasteiger partial charge on any atom is -0.497 e. The summed E-state index contributed by atoms with van der Waals surface area (Å²) in [5, 5.41) is 0.